The summed E-state index contributed by atoms with van der Waals surface area (Å²) in [5.41, 5.74) is 5.45. The number of sulfonamides is 1. The van der Waals surface area contributed by atoms with Crippen molar-refractivity contribution >= 4 is 10.0 Å². The summed E-state index contributed by atoms with van der Waals surface area (Å²) in [6.07, 6.45) is 6.77. The van der Waals surface area contributed by atoms with Gasteiger partial charge in [-0.25, -0.2) is 13.1 Å². The van der Waals surface area contributed by atoms with Crippen LogP contribution in [0.25, 0.3) is 0 Å². The van der Waals surface area contributed by atoms with Crippen molar-refractivity contribution in [1.29, 1.82) is 0 Å². The van der Waals surface area contributed by atoms with Gasteiger partial charge in [-0.05, 0) is 31.2 Å². The van der Waals surface area contributed by atoms with Crippen LogP contribution in [0.3, 0.4) is 0 Å². The molecule has 1 saturated carbocycles. The van der Waals surface area contributed by atoms with Gasteiger partial charge in [0.15, 0.2) is 0 Å². The van der Waals surface area contributed by atoms with Gasteiger partial charge in [0, 0.05) is 18.8 Å². The summed E-state index contributed by atoms with van der Waals surface area (Å²) in [4.78, 5) is 0.234. The fraction of sp³-hybridized carbons (Fsp3) is 0.769. The molecule has 6 nitrogen and oxygen atoms in total. The topological polar surface area (TPSA) is 90.0 Å². The van der Waals surface area contributed by atoms with Crippen molar-refractivity contribution in [3.63, 3.8) is 0 Å². The van der Waals surface area contributed by atoms with E-state index in [1.165, 1.54) is 6.20 Å². The summed E-state index contributed by atoms with van der Waals surface area (Å²) in [6, 6.07) is -0.000100. The summed E-state index contributed by atoms with van der Waals surface area (Å²) in [5, 5.41) is 4.07. The Balaban J connectivity index is 2.08. The van der Waals surface area contributed by atoms with Crippen LogP contribution in [0.5, 0.6) is 0 Å². The summed E-state index contributed by atoms with van der Waals surface area (Å²) in [5.74, 6) is 0. The lowest BCUT2D eigenvalue weighted by molar-refractivity contribution is 0.313. The smallest absolute Gasteiger partial charge is 0.243 e. The van der Waals surface area contributed by atoms with E-state index in [0.717, 1.165) is 25.7 Å². The van der Waals surface area contributed by atoms with Crippen molar-refractivity contribution < 1.29 is 8.42 Å². The second-order valence-electron chi connectivity index (χ2n) is 6.14. The van der Waals surface area contributed by atoms with Gasteiger partial charge in [0.05, 0.1) is 6.20 Å². The number of rotatable bonds is 6. The quantitative estimate of drug-likeness (QED) is 0.823. The molecule has 1 atom stereocenters. The minimum absolute atomic E-state index is 0.000100. The fourth-order valence-electron chi connectivity index (χ4n) is 2.66. The highest BCUT2D eigenvalue weighted by molar-refractivity contribution is 7.89. The van der Waals surface area contributed by atoms with E-state index < -0.39 is 10.0 Å². The van der Waals surface area contributed by atoms with E-state index >= 15 is 0 Å². The van der Waals surface area contributed by atoms with Gasteiger partial charge in [-0.1, -0.05) is 20.3 Å². The lowest BCUT2D eigenvalue weighted by Gasteiger charge is -2.27. The molecule has 0 bridgehead atoms. The van der Waals surface area contributed by atoms with E-state index in [2.05, 4.69) is 23.7 Å². The number of hydrogen-bond donors (Lipinski definition) is 2. The molecule has 0 radical (unpaired) electrons. The molecule has 1 fully saturated rings. The molecule has 1 aliphatic rings. The van der Waals surface area contributed by atoms with E-state index in [0.29, 0.717) is 13.1 Å². The van der Waals surface area contributed by atoms with Crippen molar-refractivity contribution in [1.82, 2.24) is 14.5 Å². The molecular weight excluding hydrogens is 276 g/mol. The third-order valence-electron chi connectivity index (χ3n) is 4.07. The fourth-order valence-corrected chi connectivity index (χ4v) is 4.05. The zero-order valence-electron chi connectivity index (χ0n) is 12.2. The van der Waals surface area contributed by atoms with Crippen molar-refractivity contribution in [2.24, 2.45) is 11.1 Å². The Bertz CT molecular complexity index is 550. The minimum Gasteiger partial charge on any atom is -0.330 e. The van der Waals surface area contributed by atoms with Gasteiger partial charge in [0.25, 0.3) is 0 Å². The predicted octanol–water partition coefficient (Wildman–Crippen LogP) is 1.09. The summed E-state index contributed by atoms with van der Waals surface area (Å²) >= 11 is 0. The summed E-state index contributed by atoms with van der Waals surface area (Å²) in [6.45, 7) is 5.42. The van der Waals surface area contributed by atoms with Gasteiger partial charge in [-0.3, -0.25) is 4.68 Å². The Morgan fingerprint density at radius 1 is 1.55 bits per heavy atom. The van der Waals surface area contributed by atoms with Crippen LogP contribution in [-0.2, 0) is 16.6 Å². The monoisotopic (exact) mass is 300 g/mol. The maximum Gasteiger partial charge on any atom is 0.243 e. The van der Waals surface area contributed by atoms with Gasteiger partial charge >= 0.3 is 0 Å². The van der Waals surface area contributed by atoms with Crippen LogP contribution < -0.4 is 10.5 Å². The molecule has 0 aliphatic heterocycles. The van der Waals surface area contributed by atoms with Crippen molar-refractivity contribution in [2.45, 2.75) is 57.0 Å². The molecule has 20 heavy (non-hydrogen) atoms. The summed E-state index contributed by atoms with van der Waals surface area (Å²) < 4.78 is 29.2. The first kappa shape index (κ1) is 15.5. The average Bonchev–Trinajstić information content (AvgIpc) is 2.95. The van der Waals surface area contributed by atoms with E-state index in [1.807, 2.05) is 0 Å². The van der Waals surface area contributed by atoms with E-state index in [-0.39, 0.29) is 16.4 Å². The van der Waals surface area contributed by atoms with Gasteiger partial charge in [0.2, 0.25) is 10.0 Å². The standard InChI is InChI=1S/C13H24N4O2S/c1-13(2)6-3-5-12(13)16-20(18,19)11-9-15-17(10-11)8-4-7-14/h9-10,12,16H,3-8,14H2,1-2H3. The number of hydrogen-bond acceptors (Lipinski definition) is 4. The third kappa shape index (κ3) is 3.39. The van der Waals surface area contributed by atoms with Crippen LogP contribution in [-0.4, -0.2) is 30.8 Å². The SMILES string of the molecule is CC1(C)CCCC1NS(=O)(=O)c1cnn(CCCN)c1. The molecule has 114 valence electrons. The number of nitrogens with zero attached hydrogens (tertiary/aromatic N) is 2. The van der Waals surface area contributed by atoms with Crippen molar-refractivity contribution in [3.8, 4) is 0 Å². The predicted molar refractivity (Wildman–Crippen MR) is 77.6 cm³/mol. The lowest BCUT2D eigenvalue weighted by atomic mass is 9.88. The Hall–Kier alpha value is -0.920. The molecule has 0 saturated heterocycles. The van der Waals surface area contributed by atoms with E-state index in [1.54, 1.807) is 10.9 Å². The Morgan fingerprint density at radius 2 is 2.30 bits per heavy atom. The molecule has 2 rings (SSSR count). The van der Waals surface area contributed by atoms with Crippen LogP contribution in [0.4, 0.5) is 0 Å². The molecule has 7 heteroatoms. The molecule has 3 N–H and O–H groups in total. The summed E-state index contributed by atoms with van der Waals surface area (Å²) in [7, 11) is -3.48. The van der Waals surface area contributed by atoms with Crippen LogP contribution in [0.15, 0.2) is 17.3 Å². The first-order chi connectivity index (χ1) is 9.35. The zero-order valence-corrected chi connectivity index (χ0v) is 13.0. The van der Waals surface area contributed by atoms with Gasteiger partial charge < -0.3 is 5.73 Å². The molecule has 0 aromatic carbocycles. The Kier molecular flexibility index (Phi) is 4.51. The van der Waals surface area contributed by atoms with Gasteiger partial charge in [-0.2, -0.15) is 5.10 Å². The third-order valence-corrected chi connectivity index (χ3v) is 5.49. The molecule has 0 spiro atoms. The van der Waals surface area contributed by atoms with Gasteiger partial charge in [-0.15, -0.1) is 0 Å². The zero-order chi connectivity index (χ0) is 14.8. The average molecular weight is 300 g/mol. The highest BCUT2D eigenvalue weighted by Crippen LogP contribution is 2.37. The first-order valence-electron chi connectivity index (χ1n) is 7.10. The molecule has 1 aliphatic carbocycles. The number of nitrogens with one attached hydrogen (secondary N) is 1. The highest BCUT2D eigenvalue weighted by Gasteiger charge is 2.37. The van der Waals surface area contributed by atoms with Crippen LogP contribution in [0.2, 0.25) is 0 Å². The molecule has 1 aromatic rings. The normalized spacial score (nSPS) is 22.2. The second kappa shape index (κ2) is 5.83. The maximum atomic E-state index is 12.4. The number of aromatic nitrogens is 2. The second-order valence-corrected chi connectivity index (χ2v) is 7.85. The van der Waals surface area contributed by atoms with Crippen molar-refractivity contribution in [3.05, 3.63) is 12.4 Å². The maximum absolute atomic E-state index is 12.4. The van der Waals surface area contributed by atoms with Crippen molar-refractivity contribution in [2.75, 3.05) is 6.54 Å². The molecule has 1 unspecified atom stereocenters. The van der Waals surface area contributed by atoms with Crippen LogP contribution in [0.1, 0.15) is 39.5 Å². The molecular formula is C13H24N4O2S. The Labute approximate surface area is 120 Å². The largest absolute Gasteiger partial charge is 0.330 e. The lowest BCUT2D eigenvalue weighted by Crippen LogP contribution is -2.41. The molecule has 1 heterocycles. The number of nitrogens with two attached hydrogens (primary N) is 1. The van der Waals surface area contributed by atoms with Crippen LogP contribution >= 0.6 is 0 Å². The minimum atomic E-state index is -3.48. The number of aryl methyl sites for hydroxylation is 1. The van der Waals surface area contributed by atoms with E-state index in [4.69, 9.17) is 5.73 Å². The molecule has 1 aromatic heterocycles. The molecule has 0 amide bonds. The first-order valence-corrected chi connectivity index (χ1v) is 8.58. The van der Waals surface area contributed by atoms with Gasteiger partial charge in [0.1, 0.15) is 4.90 Å². The van der Waals surface area contributed by atoms with Crippen LogP contribution in [0, 0.1) is 5.41 Å². The van der Waals surface area contributed by atoms with E-state index in [9.17, 15) is 8.42 Å². The Morgan fingerprint density at radius 3 is 2.90 bits per heavy atom. The highest BCUT2D eigenvalue weighted by atomic mass is 32.2.